The Bertz CT molecular complexity index is 2310. The van der Waals surface area contributed by atoms with E-state index < -0.39 is 36.6 Å². The van der Waals surface area contributed by atoms with E-state index >= 15 is 0 Å². The van der Waals surface area contributed by atoms with Crippen molar-refractivity contribution in [3.05, 3.63) is 96.7 Å². The highest BCUT2D eigenvalue weighted by molar-refractivity contribution is 6.07. The van der Waals surface area contributed by atoms with Crippen LogP contribution < -0.4 is 38.8 Å². The van der Waals surface area contributed by atoms with Crippen LogP contribution in [0.4, 0.5) is 21.0 Å². The molecule has 3 aromatic carbocycles. The third-order valence-corrected chi connectivity index (χ3v) is 12.1. The minimum absolute atomic E-state index is 0.0316. The molecule has 4 amide bonds. The number of aliphatic hydroxyl groups is 2. The number of carbonyl (C=O) groups is 4. The van der Waals surface area contributed by atoms with Gasteiger partial charge >= 0.3 is 12.2 Å². The largest absolute Gasteiger partial charge is 0.497 e. The molecule has 4 aliphatic rings. The van der Waals surface area contributed by atoms with Crippen LogP contribution >= 0.6 is 0 Å². The van der Waals surface area contributed by atoms with Crippen LogP contribution in [0.3, 0.4) is 0 Å². The lowest BCUT2D eigenvalue weighted by Crippen LogP contribution is -2.50. The standard InChI is InChI=1S/C48H56N4O13/c1-6-19-64-46(57)51-35-25-40(38(60-4)23-33(35)43(54)49-28-31(13-16-42(51)53)30-11-14-32(59-3)15-12-30)62-21-9-8-10-22-63-41-26-36-34(24-39(41)61-5)44(55)50-29-48(17-18-48)27-37(50)45(56)52(36)47(58)65-20-7-2/h6-7,11-12,14-15,23-26,28,37,42,45,53,56H,1-2,8-10,13,16-22,27,29H2,3-5H3,(H,49,54)/b31-28+/t37-,42?,45?/m0/s1. The topological polar surface area (TPSA) is 195 Å². The number of carbonyl (C=O) groups excluding carboxylic acids is 4. The second kappa shape index (κ2) is 20.4. The normalized spacial score (nSPS) is 20.4. The van der Waals surface area contributed by atoms with Crippen molar-refractivity contribution in [3.63, 3.8) is 0 Å². The zero-order valence-corrected chi connectivity index (χ0v) is 36.9. The minimum atomic E-state index is -1.40. The average Bonchev–Trinajstić information content (AvgIpc) is 3.98. The number of rotatable bonds is 16. The number of benzene rings is 3. The summed E-state index contributed by atoms with van der Waals surface area (Å²) in [5.74, 6) is 0.811. The van der Waals surface area contributed by atoms with E-state index in [0.717, 1.165) is 28.2 Å². The Morgan fingerprint density at radius 1 is 0.785 bits per heavy atom. The van der Waals surface area contributed by atoms with Crippen molar-refractivity contribution >= 4 is 40.9 Å². The van der Waals surface area contributed by atoms with Crippen molar-refractivity contribution < 1.29 is 62.5 Å². The molecule has 3 N–H and O–H groups in total. The van der Waals surface area contributed by atoms with Crippen molar-refractivity contribution in [3.8, 4) is 28.7 Å². The quantitative estimate of drug-likeness (QED) is 0.100. The number of fused-ring (bicyclic) bond motifs is 3. The van der Waals surface area contributed by atoms with E-state index in [2.05, 4.69) is 18.5 Å². The van der Waals surface area contributed by atoms with Gasteiger partial charge in [-0.1, -0.05) is 37.4 Å². The van der Waals surface area contributed by atoms with Gasteiger partial charge in [-0.2, -0.15) is 0 Å². The summed E-state index contributed by atoms with van der Waals surface area (Å²) in [6.07, 6.45) is 4.62. The van der Waals surface area contributed by atoms with E-state index in [4.69, 9.17) is 33.2 Å². The number of hydrogen-bond donors (Lipinski definition) is 3. The molecule has 3 aromatic rings. The first-order valence-electron chi connectivity index (χ1n) is 21.6. The van der Waals surface area contributed by atoms with E-state index in [0.29, 0.717) is 55.7 Å². The molecule has 0 bridgehead atoms. The lowest BCUT2D eigenvalue weighted by molar-refractivity contribution is 0.0496. The molecule has 3 atom stereocenters. The molecular formula is C48H56N4O13. The molecule has 3 aliphatic heterocycles. The Balaban J connectivity index is 1.04. The molecule has 1 saturated carbocycles. The summed E-state index contributed by atoms with van der Waals surface area (Å²) < 4.78 is 39.7. The number of amides is 4. The zero-order chi connectivity index (χ0) is 46.3. The van der Waals surface area contributed by atoms with Gasteiger partial charge in [0, 0.05) is 24.9 Å². The molecular weight excluding hydrogens is 841 g/mol. The van der Waals surface area contributed by atoms with E-state index in [1.165, 1.54) is 44.6 Å². The van der Waals surface area contributed by atoms with Crippen molar-refractivity contribution in [1.29, 1.82) is 0 Å². The first-order valence-corrected chi connectivity index (χ1v) is 21.6. The Labute approximate surface area is 377 Å². The molecule has 3 heterocycles. The predicted molar refractivity (Wildman–Crippen MR) is 240 cm³/mol. The lowest BCUT2D eigenvalue weighted by Gasteiger charge is -2.31. The second-order valence-electron chi connectivity index (χ2n) is 16.3. The highest BCUT2D eigenvalue weighted by Crippen LogP contribution is 2.57. The van der Waals surface area contributed by atoms with Crippen LogP contribution in [0, 0.1) is 5.41 Å². The van der Waals surface area contributed by atoms with Crippen LogP contribution in [-0.4, -0.2) is 112 Å². The number of ether oxygens (including phenoxy) is 7. The fraction of sp³-hybridized carbons (Fsp3) is 0.417. The summed E-state index contributed by atoms with van der Waals surface area (Å²) >= 11 is 0. The molecule has 2 fully saturated rings. The Morgan fingerprint density at radius 2 is 1.37 bits per heavy atom. The van der Waals surface area contributed by atoms with E-state index in [1.54, 1.807) is 36.4 Å². The minimum Gasteiger partial charge on any atom is -0.497 e. The molecule has 17 nitrogen and oxygen atoms in total. The SMILES string of the molecule is C=CCOC(=O)N1c2cc(OCCCCCOc3cc4c(cc3OC)C(=O)N3CC5(CC5)C[C@H]3C(O)N4C(=O)OCC=C)c(OC)cc2C(=O)N/C=C(/c2ccc(OC)cc2)CCC1O. The maximum atomic E-state index is 14.0. The highest BCUT2D eigenvalue weighted by atomic mass is 16.6. The lowest BCUT2D eigenvalue weighted by atomic mass is 10.00. The number of nitrogens with one attached hydrogen (secondary N) is 1. The fourth-order valence-corrected chi connectivity index (χ4v) is 8.47. The van der Waals surface area contributed by atoms with Crippen molar-refractivity contribution in [2.75, 3.05) is 64.1 Å². The maximum Gasteiger partial charge on any atom is 0.416 e. The molecule has 1 spiro atoms. The Morgan fingerprint density at radius 3 is 1.94 bits per heavy atom. The second-order valence-corrected chi connectivity index (χ2v) is 16.3. The van der Waals surface area contributed by atoms with Crippen LogP contribution in [-0.2, 0) is 9.47 Å². The number of nitrogens with zero attached hydrogens (tertiary/aromatic N) is 3. The summed E-state index contributed by atoms with van der Waals surface area (Å²) in [4.78, 5) is 58.6. The summed E-state index contributed by atoms with van der Waals surface area (Å²) in [6.45, 7) is 7.96. The third kappa shape index (κ3) is 10.0. The first-order chi connectivity index (χ1) is 31.5. The predicted octanol–water partition coefficient (Wildman–Crippen LogP) is 6.81. The van der Waals surface area contributed by atoms with Gasteiger partial charge in [0.1, 0.15) is 25.2 Å². The smallest absolute Gasteiger partial charge is 0.416 e. The summed E-state index contributed by atoms with van der Waals surface area (Å²) in [6, 6.07) is 12.7. The first kappa shape index (κ1) is 46.3. The zero-order valence-electron chi connectivity index (χ0n) is 36.9. The van der Waals surface area contributed by atoms with Crippen molar-refractivity contribution in [2.45, 2.75) is 69.9 Å². The molecule has 0 radical (unpaired) electrons. The van der Waals surface area contributed by atoms with Gasteiger partial charge in [-0.15, -0.1) is 0 Å². The highest BCUT2D eigenvalue weighted by Gasteiger charge is 2.58. The number of anilines is 2. The van der Waals surface area contributed by atoms with E-state index in [-0.39, 0.29) is 83.9 Å². The van der Waals surface area contributed by atoms with Gasteiger partial charge in [0.05, 0.1) is 63.1 Å². The molecule has 1 saturated heterocycles. The Kier molecular flexibility index (Phi) is 14.5. The van der Waals surface area contributed by atoms with Gasteiger partial charge in [0.15, 0.2) is 29.2 Å². The summed E-state index contributed by atoms with van der Waals surface area (Å²) in [5, 5.41) is 26.0. The Hall–Kier alpha value is -6.72. The molecule has 1 aliphatic carbocycles. The van der Waals surface area contributed by atoms with Gasteiger partial charge < -0.3 is 53.6 Å². The molecule has 0 aromatic heterocycles. The van der Waals surface area contributed by atoms with Crippen molar-refractivity contribution in [2.24, 2.45) is 5.41 Å². The molecule has 7 rings (SSSR count). The van der Waals surface area contributed by atoms with Gasteiger partial charge in [-0.25, -0.2) is 14.5 Å². The third-order valence-electron chi connectivity index (χ3n) is 12.1. The number of allylic oxidation sites excluding steroid dienone is 1. The van der Waals surface area contributed by atoms with Crippen LogP contribution in [0.25, 0.3) is 5.57 Å². The van der Waals surface area contributed by atoms with E-state index in [1.807, 2.05) is 12.1 Å². The molecule has 346 valence electrons. The van der Waals surface area contributed by atoms with Gasteiger partial charge in [0.25, 0.3) is 11.8 Å². The number of aliphatic hydroxyl groups excluding tert-OH is 2. The summed E-state index contributed by atoms with van der Waals surface area (Å²) in [5.41, 5.74) is 1.91. The van der Waals surface area contributed by atoms with E-state index in [9.17, 15) is 29.4 Å². The van der Waals surface area contributed by atoms with Crippen LogP contribution in [0.15, 0.2) is 80.0 Å². The van der Waals surface area contributed by atoms with Crippen molar-refractivity contribution in [1.82, 2.24) is 10.2 Å². The monoisotopic (exact) mass is 896 g/mol. The van der Waals surface area contributed by atoms with Gasteiger partial charge in [-0.3, -0.25) is 14.5 Å². The summed E-state index contributed by atoms with van der Waals surface area (Å²) in [7, 11) is 4.46. The number of methoxy groups -OCH3 is 3. The fourth-order valence-electron chi connectivity index (χ4n) is 8.47. The van der Waals surface area contributed by atoms with Crippen LogP contribution in [0.5, 0.6) is 28.7 Å². The maximum absolute atomic E-state index is 14.0. The van der Waals surface area contributed by atoms with Crippen LogP contribution in [0.1, 0.15) is 77.6 Å². The molecule has 17 heteroatoms. The van der Waals surface area contributed by atoms with Crippen LogP contribution in [0.2, 0.25) is 0 Å². The molecule has 2 unspecified atom stereocenters. The average molecular weight is 897 g/mol. The van der Waals surface area contributed by atoms with Gasteiger partial charge in [0.2, 0.25) is 0 Å². The number of hydrogen-bond acceptors (Lipinski definition) is 13. The number of unbranched alkanes of at least 4 members (excludes halogenated alkanes) is 2. The van der Waals surface area contributed by atoms with Gasteiger partial charge in [-0.05, 0) is 92.2 Å². The molecule has 65 heavy (non-hydrogen) atoms.